The molecular formula is C8H14BrNS. The molecule has 1 fully saturated rings. The average molecular weight is 236 g/mol. The highest BCUT2D eigenvalue weighted by atomic mass is 79.9. The highest BCUT2D eigenvalue weighted by molar-refractivity contribution is 9.11. The zero-order valence-electron chi connectivity index (χ0n) is 6.77. The van der Waals surface area contributed by atoms with Crippen LogP contribution in [0.4, 0.5) is 0 Å². The molecule has 1 saturated heterocycles. The maximum atomic E-state index is 3.79. The van der Waals surface area contributed by atoms with Crippen LogP contribution in [0.1, 0.15) is 6.92 Å². The van der Waals surface area contributed by atoms with Crippen molar-refractivity contribution in [2.24, 2.45) is 5.92 Å². The Morgan fingerprint density at radius 2 is 2.45 bits per heavy atom. The summed E-state index contributed by atoms with van der Waals surface area (Å²) in [6, 6.07) is 0.689. The first-order valence-corrected chi connectivity index (χ1v) is 5.79. The van der Waals surface area contributed by atoms with Crippen molar-refractivity contribution in [3.63, 3.8) is 0 Å². The van der Waals surface area contributed by atoms with Crippen molar-refractivity contribution in [1.29, 1.82) is 0 Å². The van der Waals surface area contributed by atoms with Gasteiger partial charge < -0.3 is 5.32 Å². The number of thioether (sulfide) groups is 1. The second kappa shape index (κ2) is 4.53. The van der Waals surface area contributed by atoms with E-state index in [0.717, 1.165) is 16.9 Å². The molecule has 11 heavy (non-hydrogen) atoms. The summed E-state index contributed by atoms with van der Waals surface area (Å²) in [4.78, 5) is 0. The lowest BCUT2D eigenvalue weighted by Gasteiger charge is -2.15. The Morgan fingerprint density at radius 3 is 2.91 bits per heavy atom. The molecule has 1 heterocycles. The van der Waals surface area contributed by atoms with E-state index in [4.69, 9.17) is 0 Å². The largest absolute Gasteiger partial charge is 0.308 e. The lowest BCUT2D eigenvalue weighted by Crippen LogP contribution is -2.34. The molecule has 0 saturated carbocycles. The van der Waals surface area contributed by atoms with Crippen molar-refractivity contribution < 1.29 is 0 Å². The van der Waals surface area contributed by atoms with Gasteiger partial charge in [0.05, 0.1) is 0 Å². The van der Waals surface area contributed by atoms with Gasteiger partial charge in [0.15, 0.2) is 0 Å². The van der Waals surface area contributed by atoms with Crippen LogP contribution in [0.25, 0.3) is 0 Å². The van der Waals surface area contributed by atoms with Crippen LogP contribution in [-0.2, 0) is 0 Å². The second-order valence-corrected chi connectivity index (χ2v) is 5.22. The van der Waals surface area contributed by atoms with Crippen LogP contribution in [-0.4, -0.2) is 24.1 Å². The maximum absolute atomic E-state index is 3.79. The molecule has 0 bridgehead atoms. The van der Waals surface area contributed by atoms with Gasteiger partial charge >= 0.3 is 0 Å². The second-order valence-electron chi connectivity index (χ2n) is 3.02. The first-order valence-electron chi connectivity index (χ1n) is 3.84. The topological polar surface area (TPSA) is 12.0 Å². The fourth-order valence-electron chi connectivity index (χ4n) is 1.16. The van der Waals surface area contributed by atoms with Crippen molar-refractivity contribution in [2.75, 3.05) is 18.1 Å². The van der Waals surface area contributed by atoms with Crippen LogP contribution in [0.2, 0.25) is 0 Å². The summed E-state index contributed by atoms with van der Waals surface area (Å²) in [6.07, 6.45) is 0. The van der Waals surface area contributed by atoms with E-state index in [9.17, 15) is 0 Å². The molecule has 1 nitrogen and oxygen atoms in total. The molecule has 1 rings (SSSR count). The molecule has 0 amide bonds. The molecule has 2 atom stereocenters. The molecule has 1 N–H and O–H groups in total. The van der Waals surface area contributed by atoms with Crippen LogP contribution >= 0.6 is 27.7 Å². The number of nitrogens with one attached hydrogen (secondary N) is 1. The van der Waals surface area contributed by atoms with E-state index in [2.05, 4.69) is 34.7 Å². The van der Waals surface area contributed by atoms with E-state index in [1.165, 1.54) is 11.5 Å². The van der Waals surface area contributed by atoms with Gasteiger partial charge in [-0.1, -0.05) is 29.4 Å². The van der Waals surface area contributed by atoms with Gasteiger partial charge in [0.2, 0.25) is 0 Å². The van der Waals surface area contributed by atoms with Crippen LogP contribution in [0.3, 0.4) is 0 Å². The minimum atomic E-state index is 0.689. The van der Waals surface area contributed by atoms with Crippen molar-refractivity contribution in [3.05, 3.63) is 11.1 Å². The van der Waals surface area contributed by atoms with E-state index >= 15 is 0 Å². The minimum Gasteiger partial charge on any atom is -0.308 e. The number of hydrogen-bond donors (Lipinski definition) is 1. The summed E-state index contributed by atoms with van der Waals surface area (Å²) in [5.74, 6) is 3.36. The van der Waals surface area contributed by atoms with E-state index < -0.39 is 0 Å². The molecular weight excluding hydrogens is 222 g/mol. The normalized spacial score (nSPS) is 30.7. The highest BCUT2D eigenvalue weighted by Crippen LogP contribution is 2.23. The Morgan fingerprint density at radius 1 is 1.73 bits per heavy atom. The summed E-state index contributed by atoms with van der Waals surface area (Å²) >= 11 is 5.37. The first kappa shape index (κ1) is 9.62. The minimum absolute atomic E-state index is 0.689. The highest BCUT2D eigenvalue weighted by Gasteiger charge is 2.22. The van der Waals surface area contributed by atoms with Crippen LogP contribution in [0.5, 0.6) is 0 Å². The van der Waals surface area contributed by atoms with Gasteiger partial charge in [0, 0.05) is 22.8 Å². The fourth-order valence-corrected chi connectivity index (χ4v) is 2.77. The zero-order chi connectivity index (χ0) is 8.27. The van der Waals surface area contributed by atoms with Crippen LogP contribution in [0, 0.1) is 5.92 Å². The van der Waals surface area contributed by atoms with Crippen LogP contribution in [0.15, 0.2) is 11.1 Å². The van der Waals surface area contributed by atoms with E-state index in [1.54, 1.807) is 0 Å². The Bertz CT molecular complexity index is 149. The molecule has 1 aliphatic rings. The maximum Gasteiger partial charge on any atom is 0.0268 e. The van der Waals surface area contributed by atoms with Crippen molar-refractivity contribution in [1.82, 2.24) is 5.32 Å². The van der Waals surface area contributed by atoms with E-state index in [-0.39, 0.29) is 0 Å². The lowest BCUT2D eigenvalue weighted by molar-refractivity contribution is 0.474. The van der Waals surface area contributed by atoms with Crippen molar-refractivity contribution in [2.45, 2.75) is 13.0 Å². The van der Waals surface area contributed by atoms with E-state index in [0.29, 0.717) is 6.04 Å². The third-order valence-electron chi connectivity index (χ3n) is 1.92. The quantitative estimate of drug-likeness (QED) is 0.806. The molecule has 0 spiro atoms. The molecule has 3 heteroatoms. The van der Waals surface area contributed by atoms with Gasteiger partial charge in [-0.25, -0.2) is 0 Å². The summed E-state index contributed by atoms with van der Waals surface area (Å²) in [7, 11) is 0. The first-order chi connectivity index (χ1) is 5.20. The molecule has 1 aliphatic heterocycles. The standard InChI is InChI=1S/C8H14BrNS/c1-6-4-11-5-8(6)10-3-7(2)9/h6,8,10H,2-5H2,1H3. The van der Waals surface area contributed by atoms with Gasteiger partial charge in [-0.05, 0) is 11.7 Å². The van der Waals surface area contributed by atoms with Gasteiger partial charge in [-0.15, -0.1) is 0 Å². The molecule has 0 aromatic rings. The monoisotopic (exact) mass is 235 g/mol. The van der Waals surface area contributed by atoms with Crippen molar-refractivity contribution in [3.8, 4) is 0 Å². The number of halogens is 1. The van der Waals surface area contributed by atoms with Gasteiger partial charge in [-0.2, -0.15) is 11.8 Å². The molecule has 2 unspecified atom stereocenters. The molecule has 0 radical (unpaired) electrons. The summed E-state index contributed by atoms with van der Waals surface area (Å²) in [6.45, 7) is 6.99. The Balaban J connectivity index is 2.20. The molecule has 64 valence electrons. The predicted molar refractivity (Wildman–Crippen MR) is 56.3 cm³/mol. The Hall–Kier alpha value is 0.530. The fraction of sp³-hybridized carbons (Fsp3) is 0.750. The third kappa shape index (κ3) is 3.18. The predicted octanol–water partition coefficient (Wildman–Crippen LogP) is 2.24. The molecule has 0 aromatic heterocycles. The Labute approximate surface area is 81.1 Å². The lowest BCUT2D eigenvalue weighted by atomic mass is 10.1. The van der Waals surface area contributed by atoms with E-state index in [1.807, 2.05) is 11.8 Å². The SMILES string of the molecule is C=C(Br)CNC1CSCC1C. The molecule has 0 aromatic carbocycles. The summed E-state index contributed by atoms with van der Waals surface area (Å²) in [5.41, 5.74) is 0. The zero-order valence-corrected chi connectivity index (χ0v) is 9.17. The molecule has 0 aliphatic carbocycles. The summed E-state index contributed by atoms with van der Waals surface area (Å²) in [5, 5.41) is 3.46. The smallest absolute Gasteiger partial charge is 0.0268 e. The van der Waals surface area contributed by atoms with Gasteiger partial charge in [0.1, 0.15) is 0 Å². The van der Waals surface area contributed by atoms with Crippen molar-refractivity contribution >= 4 is 27.7 Å². The number of hydrogen-bond acceptors (Lipinski definition) is 2. The van der Waals surface area contributed by atoms with Gasteiger partial charge in [-0.3, -0.25) is 0 Å². The summed E-state index contributed by atoms with van der Waals surface area (Å²) < 4.78 is 1.04. The average Bonchev–Trinajstić information content (AvgIpc) is 2.31. The van der Waals surface area contributed by atoms with Gasteiger partial charge in [0.25, 0.3) is 0 Å². The number of rotatable bonds is 3. The Kier molecular flexibility index (Phi) is 3.96. The third-order valence-corrected chi connectivity index (χ3v) is 3.56. The van der Waals surface area contributed by atoms with Crippen LogP contribution < -0.4 is 5.32 Å².